The highest BCUT2D eigenvalue weighted by atomic mass is 79.9. The van der Waals surface area contributed by atoms with Crippen molar-refractivity contribution in [1.29, 1.82) is 0 Å². The van der Waals surface area contributed by atoms with Gasteiger partial charge in [-0.25, -0.2) is 4.98 Å². The number of pyridine rings is 1. The van der Waals surface area contributed by atoms with E-state index in [1.54, 1.807) is 24.3 Å². The number of nitrogens with zero attached hydrogens (tertiary/aromatic N) is 1. The van der Waals surface area contributed by atoms with E-state index in [0.717, 1.165) is 16.7 Å². The Morgan fingerprint density at radius 2 is 2.10 bits per heavy atom. The highest BCUT2D eigenvalue weighted by Crippen LogP contribution is 2.26. The average molecular weight is 369 g/mol. The topological polar surface area (TPSA) is 54.0 Å². The molecule has 2 N–H and O–H groups in total. The van der Waals surface area contributed by atoms with Crippen molar-refractivity contribution in [2.75, 3.05) is 17.2 Å². The van der Waals surface area contributed by atoms with Crippen molar-refractivity contribution < 1.29 is 4.79 Å². The number of hydrogen-bond acceptors (Lipinski definition) is 3. The monoisotopic (exact) mass is 367 g/mol. The molecule has 0 unspecified atom stereocenters. The zero-order valence-electron chi connectivity index (χ0n) is 11.7. The maximum atomic E-state index is 12.3. The highest BCUT2D eigenvalue weighted by Gasteiger charge is 2.11. The predicted octanol–water partition coefficient (Wildman–Crippen LogP) is 4.49. The van der Waals surface area contributed by atoms with Gasteiger partial charge in [-0.1, -0.05) is 27.5 Å². The smallest absolute Gasteiger partial charge is 0.255 e. The lowest BCUT2D eigenvalue weighted by molar-refractivity contribution is 0.102. The van der Waals surface area contributed by atoms with Crippen molar-refractivity contribution in [3.8, 4) is 0 Å². The molecule has 0 atom stereocenters. The Hall–Kier alpha value is -1.59. The van der Waals surface area contributed by atoms with Crippen molar-refractivity contribution in [2.45, 2.75) is 13.8 Å². The summed E-state index contributed by atoms with van der Waals surface area (Å²) >= 11 is 9.44. The highest BCUT2D eigenvalue weighted by molar-refractivity contribution is 9.10. The van der Waals surface area contributed by atoms with Gasteiger partial charge in [-0.05, 0) is 44.2 Å². The van der Waals surface area contributed by atoms with Crippen LogP contribution in [0.4, 0.5) is 11.5 Å². The number of aryl methyl sites for hydroxylation is 1. The van der Waals surface area contributed by atoms with E-state index in [4.69, 9.17) is 11.6 Å². The summed E-state index contributed by atoms with van der Waals surface area (Å²) in [5.74, 6) is 0.461. The van der Waals surface area contributed by atoms with E-state index >= 15 is 0 Å². The fraction of sp³-hybridized carbons (Fsp3) is 0.200. The van der Waals surface area contributed by atoms with Crippen LogP contribution in [0.15, 0.2) is 34.8 Å². The molecule has 1 heterocycles. The molecular formula is C15H15BrClN3O. The van der Waals surface area contributed by atoms with Crippen LogP contribution < -0.4 is 10.6 Å². The summed E-state index contributed by atoms with van der Waals surface area (Å²) in [6.07, 6.45) is 0. The van der Waals surface area contributed by atoms with Gasteiger partial charge in [0, 0.05) is 22.3 Å². The summed E-state index contributed by atoms with van der Waals surface area (Å²) in [7, 11) is 0. The van der Waals surface area contributed by atoms with Crippen molar-refractivity contribution in [2.24, 2.45) is 0 Å². The summed E-state index contributed by atoms with van der Waals surface area (Å²) in [4.78, 5) is 16.7. The van der Waals surface area contributed by atoms with Crippen LogP contribution in [0.1, 0.15) is 23.0 Å². The molecule has 6 heteroatoms. The number of rotatable bonds is 4. The second-order valence-electron chi connectivity index (χ2n) is 4.49. The SMILES string of the molecule is CCNc1cc(C(=O)Nc2cc(Br)ccc2Cl)cc(C)n1. The fourth-order valence-electron chi connectivity index (χ4n) is 1.86. The standard InChI is InChI=1S/C15H15BrClN3O/c1-3-18-14-7-10(6-9(2)19-14)15(21)20-13-8-11(16)4-5-12(13)17/h4-8H,3H2,1-2H3,(H,18,19)(H,20,21). The molecule has 21 heavy (non-hydrogen) atoms. The maximum absolute atomic E-state index is 12.3. The minimum atomic E-state index is -0.223. The lowest BCUT2D eigenvalue weighted by Crippen LogP contribution is -2.13. The van der Waals surface area contributed by atoms with Gasteiger partial charge in [0.15, 0.2) is 0 Å². The number of halogens is 2. The summed E-state index contributed by atoms with van der Waals surface area (Å²) < 4.78 is 0.849. The summed E-state index contributed by atoms with van der Waals surface area (Å²) in [6, 6.07) is 8.76. The van der Waals surface area contributed by atoms with E-state index in [-0.39, 0.29) is 5.91 Å². The number of nitrogens with one attached hydrogen (secondary N) is 2. The van der Waals surface area contributed by atoms with Gasteiger partial charge in [-0.2, -0.15) is 0 Å². The minimum Gasteiger partial charge on any atom is -0.370 e. The minimum absolute atomic E-state index is 0.223. The van der Waals surface area contributed by atoms with Crippen LogP contribution in [0.2, 0.25) is 5.02 Å². The van der Waals surface area contributed by atoms with Crippen LogP contribution in [-0.4, -0.2) is 17.4 Å². The van der Waals surface area contributed by atoms with Crippen LogP contribution in [0, 0.1) is 6.92 Å². The van der Waals surface area contributed by atoms with Gasteiger partial charge in [-0.15, -0.1) is 0 Å². The number of amides is 1. The number of hydrogen-bond donors (Lipinski definition) is 2. The van der Waals surface area contributed by atoms with Crippen LogP contribution in [0.5, 0.6) is 0 Å². The van der Waals surface area contributed by atoms with Gasteiger partial charge >= 0.3 is 0 Å². The quantitative estimate of drug-likeness (QED) is 0.836. The van der Waals surface area contributed by atoms with Crippen LogP contribution in [0.3, 0.4) is 0 Å². The first-order valence-electron chi connectivity index (χ1n) is 6.48. The van der Waals surface area contributed by atoms with E-state index in [0.29, 0.717) is 22.1 Å². The maximum Gasteiger partial charge on any atom is 0.255 e. The fourth-order valence-corrected chi connectivity index (χ4v) is 2.38. The second kappa shape index (κ2) is 6.91. The molecule has 0 aliphatic rings. The molecule has 4 nitrogen and oxygen atoms in total. The summed E-state index contributed by atoms with van der Waals surface area (Å²) in [6.45, 7) is 4.57. The molecule has 2 aromatic rings. The Kier molecular flexibility index (Phi) is 5.20. The molecule has 2 rings (SSSR count). The molecule has 1 amide bonds. The number of carbonyl (C=O) groups excluding carboxylic acids is 1. The Balaban J connectivity index is 2.25. The van der Waals surface area contributed by atoms with E-state index in [1.807, 2.05) is 19.9 Å². The van der Waals surface area contributed by atoms with Crippen molar-refractivity contribution in [3.05, 3.63) is 51.1 Å². The number of carbonyl (C=O) groups is 1. The molecule has 0 fully saturated rings. The first-order valence-corrected chi connectivity index (χ1v) is 7.65. The lowest BCUT2D eigenvalue weighted by Gasteiger charge is -2.10. The van der Waals surface area contributed by atoms with Crippen LogP contribution >= 0.6 is 27.5 Å². The third-order valence-corrected chi connectivity index (χ3v) is 3.57. The first-order chi connectivity index (χ1) is 9.99. The Labute approximate surface area is 137 Å². The van der Waals surface area contributed by atoms with Crippen LogP contribution in [-0.2, 0) is 0 Å². The molecule has 1 aromatic heterocycles. The molecular weight excluding hydrogens is 354 g/mol. The van der Waals surface area contributed by atoms with Gasteiger partial charge < -0.3 is 10.6 Å². The number of anilines is 2. The summed E-state index contributed by atoms with van der Waals surface area (Å²) in [5.41, 5.74) is 1.88. The molecule has 0 saturated heterocycles. The number of aromatic nitrogens is 1. The lowest BCUT2D eigenvalue weighted by atomic mass is 10.2. The largest absolute Gasteiger partial charge is 0.370 e. The molecule has 1 aromatic carbocycles. The molecule has 0 spiro atoms. The van der Waals surface area contributed by atoms with Gasteiger partial charge in [0.25, 0.3) is 5.91 Å². The Morgan fingerprint density at radius 1 is 1.33 bits per heavy atom. The average Bonchev–Trinajstić information content (AvgIpc) is 2.42. The van der Waals surface area contributed by atoms with E-state index < -0.39 is 0 Å². The van der Waals surface area contributed by atoms with Crippen molar-refractivity contribution >= 4 is 44.9 Å². The third kappa shape index (κ3) is 4.19. The molecule has 0 aliphatic carbocycles. The molecule has 110 valence electrons. The predicted molar refractivity (Wildman–Crippen MR) is 90.2 cm³/mol. The summed E-state index contributed by atoms with van der Waals surface area (Å²) in [5, 5.41) is 6.40. The van der Waals surface area contributed by atoms with E-state index in [2.05, 4.69) is 31.5 Å². The Bertz CT molecular complexity index is 676. The second-order valence-corrected chi connectivity index (χ2v) is 5.81. The van der Waals surface area contributed by atoms with Gasteiger partial charge in [-0.3, -0.25) is 4.79 Å². The van der Waals surface area contributed by atoms with Gasteiger partial charge in [0.2, 0.25) is 0 Å². The van der Waals surface area contributed by atoms with Crippen molar-refractivity contribution in [3.63, 3.8) is 0 Å². The molecule has 0 aliphatic heterocycles. The third-order valence-electron chi connectivity index (χ3n) is 2.75. The Morgan fingerprint density at radius 3 is 2.81 bits per heavy atom. The van der Waals surface area contributed by atoms with Gasteiger partial charge in [0.05, 0.1) is 10.7 Å². The van der Waals surface area contributed by atoms with Crippen molar-refractivity contribution in [1.82, 2.24) is 4.98 Å². The first kappa shape index (κ1) is 15.8. The zero-order valence-corrected chi connectivity index (χ0v) is 14.0. The van der Waals surface area contributed by atoms with Crippen LogP contribution in [0.25, 0.3) is 0 Å². The molecule has 0 radical (unpaired) electrons. The van der Waals surface area contributed by atoms with Gasteiger partial charge in [0.1, 0.15) is 5.82 Å². The molecule has 0 saturated carbocycles. The van der Waals surface area contributed by atoms with E-state index in [1.165, 1.54) is 0 Å². The number of benzene rings is 1. The zero-order chi connectivity index (χ0) is 15.4. The normalized spacial score (nSPS) is 10.3. The van der Waals surface area contributed by atoms with E-state index in [9.17, 15) is 4.79 Å². The molecule has 0 bridgehead atoms.